The van der Waals surface area contributed by atoms with Gasteiger partial charge in [-0.1, -0.05) is 18.2 Å². The van der Waals surface area contributed by atoms with Gasteiger partial charge in [-0.05, 0) is 68.7 Å². The van der Waals surface area contributed by atoms with E-state index >= 15 is 0 Å². The minimum absolute atomic E-state index is 0.289. The maximum atomic E-state index is 12.1. The van der Waals surface area contributed by atoms with Crippen LogP contribution in [0.4, 0.5) is 5.69 Å². The van der Waals surface area contributed by atoms with Crippen molar-refractivity contribution in [2.24, 2.45) is 7.05 Å². The van der Waals surface area contributed by atoms with Crippen molar-refractivity contribution in [2.45, 2.75) is 6.92 Å². The molecule has 0 unspecified atom stereocenters. The summed E-state index contributed by atoms with van der Waals surface area (Å²) in [6, 6.07) is 9.47. The minimum atomic E-state index is -0.289. The zero-order valence-corrected chi connectivity index (χ0v) is 15.9. The monoisotopic (exact) mass is 444 g/mol. The van der Waals surface area contributed by atoms with Crippen molar-refractivity contribution in [3.63, 3.8) is 0 Å². The van der Waals surface area contributed by atoms with Gasteiger partial charge in [0.25, 0.3) is 5.91 Å². The van der Waals surface area contributed by atoms with Crippen molar-refractivity contribution in [1.82, 2.24) is 15.4 Å². The summed E-state index contributed by atoms with van der Waals surface area (Å²) in [6.07, 6.45) is 0. The third kappa shape index (κ3) is 3.88. The van der Waals surface area contributed by atoms with E-state index in [1.165, 1.54) is 0 Å². The Balaban J connectivity index is 1.95. The molecule has 0 bridgehead atoms. The number of aromatic nitrogens is 1. The van der Waals surface area contributed by atoms with Gasteiger partial charge >= 0.3 is 0 Å². The highest BCUT2D eigenvalue weighted by atomic mass is 79.9. The lowest BCUT2D eigenvalue weighted by Gasteiger charge is -2.13. The predicted octanol–water partition coefficient (Wildman–Crippen LogP) is 3.49. The van der Waals surface area contributed by atoms with E-state index in [1.807, 2.05) is 31.2 Å². The van der Waals surface area contributed by atoms with Crippen LogP contribution in [-0.2, 0) is 7.05 Å². The summed E-state index contributed by atoms with van der Waals surface area (Å²) in [5, 5.41) is 3.34. The van der Waals surface area contributed by atoms with E-state index in [0.29, 0.717) is 10.8 Å². The molecular formula is C14H14Br2N4OS. The fraction of sp³-hybridized carbons (Fsp3) is 0.143. The third-order valence-corrected chi connectivity index (χ3v) is 5.33. The molecule has 0 spiro atoms. The minimum Gasteiger partial charge on any atom is -0.333 e. The first-order valence-electron chi connectivity index (χ1n) is 6.34. The lowest BCUT2D eigenvalue weighted by molar-refractivity contribution is 0.0936. The van der Waals surface area contributed by atoms with Gasteiger partial charge in [0.1, 0.15) is 5.69 Å². The maximum absolute atomic E-state index is 12.1. The van der Waals surface area contributed by atoms with Gasteiger partial charge in [0.05, 0.1) is 9.08 Å². The van der Waals surface area contributed by atoms with Crippen molar-refractivity contribution in [2.75, 3.05) is 5.32 Å². The SMILES string of the molecule is Cc1ccccc1NC(=S)NNC(=O)c1cc(Br)c(Br)n1C. The van der Waals surface area contributed by atoms with Crippen LogP contribution in [0.3, 0.4) is 0 Å². The first-order chi connectivity index (χ1) is 10.4. The number of thiocarbonyl (C=S) groups is 1. The highest BCUT2D eigenvalue weighted by Crippen LogP contribution is 2.25. The van der Waals surface area contributed by atoms with Gasteiger partial charge in [-0.25, -0.2) is 0 Å². The first kappa shape index (κ1) is 17.0. The highest BCUT2D eigenvalue weighted by molar-refractivity contribution is 9.13. The molecule has 2 aromatic rings. The second kappa shape index (κ2) is 7.26. The van der Waals surface area contributed by atoms with Crippen LogP contribution < -0.4 is 16.2 Å². The molecule has 0 aliphatic heterocycles. The Bertz CT molecular complexity index is 730. The summed E-state index contributed by atoms with van der Waals surface area (Å²) < 4.78 is 3.32. The number of hydrazine groups is 1. The predicted molar refractivity (Wildman–Crippen MR) is 98.8 cm³/mol. The number of halogens is 2. The van der Waals surface area contributed by atoms with Crippen molar-refractivity contribution in [1.29, 1.82) is 0 Å². The number of hydrogen-bond donors (Lipinski definition) is 3. The van der Waals surface area contributed by atoms with Crippen LogP contribution in [0, 0.1) is 6.92 Å². The standard InChI is InChI=1S/C14H14Br2N4OS/c1-8-5-3-4-6-10(8)17-14(22)19-18-13(21)11-7-9(15)12(16)20(11)2/h3-7H,1-2H3,(H,18,21)(H2,17,19,22). The average Bonchev–Trinajstić information content (AvgIpc) is 2.75. The zero-order chi connectivity index (χ0) is 16.3. The van der Waals surface area contributed by atoms with Gasteiger partial charge in [-0.15, -0.1) is 0 Å². The molecule has 22 heavy (non-hydrogen) atoms. The number of hydrogen-bond acceptors (Lipinski definition) is 2. The Kier molecular flexibility index (Phi) is 5.60. The Hall–Kier alpha value is -1.38. The maximum Gasteiger partial charge on any atom is 0.286 e. The number of aryl methyl sites for hydroxylation is 1. The molecule has 0 radical (unpaired) electrons. The van der Waals surface area contributed by atoms with Crippen LogP contribution in [0.1, 0.15) is 16.1 Å². The second-order valence-electron chi connectivity index (χ2n) is 4.58. The number of nitrogens with one attached hydrogen (secondary N) is 3. The fourth-order valence-corrected chi connectivity index (χ4v) is 2.75. The summed E-state index contributed by atoms with van der Waals surface area (Å²) in [5.41, 5.74) is 7.70. The highest BCUT2D eigenvalue weighted by Gasteiger charge is 2.15. The van der Waals surface area contributed by atoms with Crippen LogP contribution in [-0.4, -0.2) is 15.6 Å². The number of amides is 1. The molecule has 0 saturated heterocycles. The lowest BCUT2D eigenvalue weighted by atomic mass is 10.2. The average molecular weight is 446 g/mol. The number of carbonyl (C=O) groups is 1. The third-order valence-electron chi connectivity index (χ3n) is 3.03. The normalized spacial score (nSPS) is 10.2. The first-order valence-corrected chi connectivity index (χ1v) is 8.33. The molecule has 1 amide bonds. The van der Waals surface area contributed by atoms with Crippen molar-refractivity contribution in [3.8, 4) is 0 Å². The Morgan fingerprint density at radius 3 is 2.50 bits per heavy atom. The Morgan fingerprint density at radius 2 is 1.91 bits per heavy atom. The van der Waals surface area contributed by atoms with Gasteiger partial charge in [0.2, 0.25) is 0 Å². The largest absolute Gasteiger partial charge is 0.333 e. The number of rotatable bonds is 2. The molecule has 1 heterocycles. The van der Waals surface area contributed by atoms with Crippen molar-refractivity contribution < 1.29 is 4.79 Å². The molecule has 8 heteroatoms. The van der Waals surface area contributed by atoms with E-state index in [1.54, 1.807) is 17.7 Å². The Labute approximate surface area is 150 Å². The molecule has 5 nitrogen and oxygen atoms in total. The van der Waals surface area contributed by atoms with Crippen LogP contribution in [0.2, 0.25) is 0 Å². The molecule has 0 fully saturated rings. The summed E-state index contributed by atoms with van der Waals surface area (Å²) >= 11 is 11.9. The summed E-state index contributed by atoms with van der Waals surface area (Å²) in [5.74, 6) is -0.289. The Morgan fingerprint density at radius 1 is 1.23 bits per heavy atom. The molecule has 0 aliphatic rings. The van der Waals surface area contributed by atoms with E-state index in [2.05, 4.69) is 48.0 Å². The summed E-state index contributed by atoms with van der Waals surface area (Å²) in [7, 11) is 1.79. The van der Waals surface area contributed by atoms with Crippen LogP contribution in [0.5, 0.6) is 0 Å². The van der Waals surface area contributed by atoms with Crippen LogP contribution in [0.15, 0.2) is 39.4 Å². The number of benzene rings is 1. The lowest BCUT2D eigenvalue weighted by Crippen LogP contribution is -2.44. The molecule has 3 N–H and O–H groups in total. The molecule has 2 rings (SSSR count). The van der Waals surface area contributed by atoms with Crippen LogP contribution >= 0.6 is 44.1 Å². The molecule has 1 aromatic heterocycles. The summed E-state index contributed by atoms with van der Waals surface area (Å²) in [6.45, 7) is 1.97. The van der Waals surface area contributed by atoms with E-state index in [-0.39, 0.29) is 5.91 Å². The van der Waals surface area contributed by atoms with Gasteiger partial charge in [-0.3, -0.25) is 15.6 Å². The van der Waals surface area contributed by atoms with Crippen molar-refractivity contribution >= 4 is 60.8 Å². The van der Waals surface area contributed by atoms with E-state index in [0.717, 1.165) is 20.3 Å². The number of carbonyl (C=O) groups excluding carboxylic acids is 1. The van der Waals surface area contributed by atoms with Gasteiger partial charge in [0, 0.05) is 12.7 Å². The molecule has 1 aromatic carbocycles. The smallest absolute Gasteiger partial charge is 0.286 e. The van der Waals surface area contributed by atoms with Gasteiger partial charge in [-0.2, -0.15) is 0 Å². The molecular weight excluding hydrogens is 432 g/mol. The zero-order valence-electron chi connectivity index (χ0n) is 11.9. The number of nitrogens with zero attached hydrogens (tertiary/aromatic N) is 1. The molecule has 0 saturated carbocycles. The van der Waals surface area contributed by atoms with Gasteiger partial charge in [0.15, 0.2) is 5.11 Å². The van der Waals surface area contributed by atoms with Crippen LogP contribution in [0.25, 0.3) is 0 Å². The van der Waals surface area contributed by atoms with E-state index < -0.39 is 0 Å². The second-order valence-corrected chi connectivity index (χ2v) is 6.59. The molecule has 0 aliphatic carbocycles. The molecule has 0 atom stereocenters. The van der Waals surface area contributed by atoms with E-state index in [9.17, 15) is 4.79 Å². The van der Waals surface area contributed by atoms with E-state index in [4.69, 9.17) is 12.2 Å². The topological polar surface area (TPSA) is 58.1 Å². The quantitative estimate of drug-likeness (QED) is 0.489. The summed E-state index contributed by atoms with van der Waals surface area (Å²) in [4.78, 5) is 12.1. The fourth-order valence-electron chi connectivity index (χ4n) is 1.80. The van der Waals surface area contributed by atoms with Gasteiger partial charge < -0.3 is 9.88 Å². The number of anilines is 1. The number of para-hydroxylation sites is 1. The molecule has 116 valence electrons. The van der Waals surface area contributed by atoms with Crippen molar-refractivity contribution in [3.05, 3.63) is 50.7 Å².